The van der Waals surface area contributed by atoms with Gasteiger partial charge in [-0.2, -0.15) is 0 Å². The summed E-state index contributed by atoms with van der Waals surface area (Å²) in [4.78, 5) is 11.6. The molecule has 88 valence electrons. The Hall–Kier alpha value is -0.260. The van der Waals surface area contributed by atoms with Crippen LogP contribution in [-0.2, 0) is 4.79 Å². The van der Waals surface area contributed by atoms with Crippen molar-refractivity contribution < 1.29 is 9.90 Å². The summed E-state index contributed by atoms with van der Waals surface area (Å²) in [6.45, 7) is 4.87. The van der Waals surface area contributed by atoms with E-state index in [2.05, 4.69) is 10.6 Å². The Morgan fingerprint density at radius 3 is 2.93 bits per heavy atom. The van der Waals surface area contributed by atoms with E-state index in [0.717, 1.165) is 11.6 Å². The summed E-state index contributed by atoms with van der Waals surface area (Å²) >= 11 is 1.74. The van der Waals surface area contributed by atoms with Crippen molar-refractivity contribution in [2.75, 3.05) is 24.8 Å². The van der Waals surface area contributed by atoms with Crippen molar-refractivity contribution in [3.05, 3.63) is 0 Å². The molecule has 0 saturated carbocycles. The van der Waals surface area contributed by atoms with Crippen molar-refractivity contribution in [2.24, 2.45) is 5.41 Å². The largest absolute Gasteiger partial charge is 0.396 e. The van der Waals surface area contributed by atoms with E-state index in [4.69, 9.17) is 5.11 Å². The molecule has 1 saturated heterocycles. The molecule has 1 rings (SSSR count). The molecule has 1 aliphatic heterocycles. The number of hydrogen-bond donors (Lipinski definition) is 3. The van der Waals surface area contributed by atoms with Gasteiger partial charge in [-0.15, -0.1) is 11.8 Å². The SMILES string of the molecule is CC(C)(CCO)CNC(=O)C1CSCN1. The van der Waals surface area contributed by atoms with Gasteiger partial charge in [0, 0.05) is 24.8 Å². The number of aliphatic hydroxyl groups is 1. The van der Waals surface area contributed by atoms with Gasteiger partial charge in [0.2, 0.25) is 5.91 Å². The van der Waals surface area contributed by atoms with Crippen molar-refractivity contribution in [2.45, 2.75) is 26.3 Å². The third kappa shape index (κ3) is 4.40. The van der Waals surface area contributed by atoms with Crippen LogP contribution < -0.4 is 10.6 Å². The maximum absolute atomic E-state index is 11.6. The predicted molar refractivity (Wildman–Crippen MR) is 62.7 cm³/mol. The maximum Gasteiger partial charge on any atom is 0.238 e. The van der Waals surface area contributed by atoms with Gasteiger partial charge in [-0.3, -0.25) is 10.1 Å². The van der Waals surface area contributed by atoms with Gasteiger partial charge in [-0.05, 0) is 11.8 Å². The molecule has 0 spiro atoms. The van der Waals surface area contributed by atoms with E-state index in [1.165, 1.54) is 0 Å². The van der Waals surface area contributed by atoms with Crippen LogP contribution in [0.25, 0.3) is 0 Å². The van der Waals surface area contributed by atoms with Crippen LogP contribution >= 0.6 is 11.8 Å². The van der Waals surface area contributed by atoms with Crippen LogP contribution in [0.1, 0.15) is 20.3 Å². The first-order valence-electron chi connectivity index (χ1n) is 5.25. The Kier molecular flexibility index (Phi) is 4.89. The molecular formula is C10H20N2O2S. The summed E-state index contributed by atoms with van der Waals surface area (Å²) in [6, 6.07) is -0.0417. The second-order valence-corrected chi connectivity index (χ2v) is 5.66. The molecule has 4 nitrogen and oxygen atoms in total. The second-order valence-electron chi connectivity index (χ2n) is 4.63. The Labute approximate surface area is 95.2 Å². The number of hydrogen-bond acceptors (Lipinski definition) is 4. The van der Waals surface area contributed by atoms with Crippen LogP contribution in [0.4, 0.5) is 0 Å². The summed E-state index contributed by atoms with van der Waals surface area (Å²) < 4.78 is 0. The summed E-state index contributed by atoms with van der Waals surface area (Å²) in [7, 11) is 0. The molecule has 1 aliphatic rings. The van der Waals surface area contributed by atoms with E-state index in [9.17, 15) is 4.79 Å². The van der Waals surface area contributed by atoms with E-state index in [0.29, 0.717) is 13.0 Å². The molecule has 1 fully saturated rings. The fraction of sp³-hybridized carbons (Fsp3) is 0.900. The van der Waals surface area contributed by atoms with Crippen molar-refractivity contribution in [3.8, 4) is 0 Å². The molecule has 1 atom stereocenters. The Morgan fingerprint density at radius 1 is 1.67 bits per heavy atom. The zero-order chi connectivity index (χ0) is 11.3. The lowest BCUT2D eigenvalue weighted by molar-refractivity contribution is -0.122. The monoisotopic (exact) mass is 232 g/mol. The van der Waals surface area contributed by atoms with E-state index < -0.39 is 0 Å². The van der Waals surface area contributed by atoms with Crippen LogP contribution in [0.2, 0.25) is 0 Å². The molecule has 5 heteroatoms. The topological polar surface area (TPSA) is 61.4 Å². The molecule has 0 aliphatic carbocycles. The average Bonchev–Trinajstić information content (AvgIpc) is 2.67. The number of amides is 1. The molecule has 1 heterocycles. The third-order valence-corrected chi connectivity index (χ3v) is 3.50. The van der Waals surface area contributed by atoms with Gasteiger partial charge in [-0.1, -0.05) is 13.8 Å². The predicted octanol–water partition coefficient (Wildman–Crippen LogP) is 0.174. The van der Waals surface area contributed by atoms with Crippen LogP contribution in [0.5, 0.6) is 0 Å². The minimum Gasteiger partial charge on any atom is -0.396 e. The van der Waals surface area contributed by atoms with E-state index in [-0.39, 0.29) is 24.0 Å². The van der Waals surface area contributed by atoms with Gasteiger partial charge in [0.25, 0.3) is 0 Å². The molecule has 0 aromatic rings. The first-order valence-corrected chi connectivity index (χ1v) is 6.40. The molecule has 0 radical (unpaired) electrons. The molecule has 1 amide bonds. The highest BCUT2D eigenvalue weighted by Gasteiger charge is 2.24. The lowest BCUT2D eigenvalue weighted by atomic mass is 9.90. The number of aliphatic hydroxyl groups excluding tert-OH is 1. The minimum atomic E-state index is -0.0417. The third-order valence-electron chi connectivity index (χ3n) is 2.56. The smallest absolute Gasteiger partial charge is 0.238 e. The lowest BCUT2D eigenvalue weighted by Gasteiger charge is -2.24. The zero-order valence-electron chi connectivity index (χ0n) is 9.38. The molecule has 1 unspecified atom stereocenters. The fourth-order valence-electron chi connectivity index (χ4n) is 1.40. The quantitative estimate of drug-likeness (QED) is 0.632. The Balaban J connectivity index is 2.26. The second kappa shape index (κ2) is 5.72. The summed E-state index contributed by atoms with van der Waals surface area (Å²) in [6.07, 6.45) is 0.708. The molecule has 0 aromatic heterocycles. The number of rotatable bonds is 5. The molecule has 0 bridgehead atoms. The Bertz CT molecular complexity index is 215. The molecule has 3 N–H and O–H groups in total. The van der Waals surface area contributed by atoms with Gasteiger partial charge < -0.3 is 10.4 Å². The summed E-state index contributed by atoms with van der Waals surface area (Å²) in [5.74, 6) is 1.79. The van der Waals surface area contributed by atoms with Gasteiger partial charge in [0.1, 0.15) is 0 Å². The van der Waals surface area contributed by atoms with Gasteiger partial charge in [-0.25, -0.2) is 0 Å². The Morgan fingerprint density at radius 2 is 2.40 bits per heavy atom. The number of thioether (sulfide) groups is 1. The fourth-order valence-corrected chi connectivity index (χ4v) is 2.35. The van der Waals surface area contributed by atoms with Gasteiger partial charge in [0.05, 0.1) is 6.04 Å². The van der Waals surface area contributed by atoms with Crippen molar-refractivity contribution in [3.63, 3.8) is 0 Å². The summed E-state index contributed by atoms with van der Waals surface area (Å²) in [5, 5.41) is 14.9. The molecule has 15 heavy (non-hydrogen) atoms. The number of carbonyl (C=O) groups excluding carboxylic acids is 1. The van der Waals surface area contributed by atoms with E-state index >= 15 is 0 Å². The lowest BCUT2D eigenvalue weighted by Crippen LogP contribution is -2.45. The molecule has 0 aromatic carbocycles. The van der Waals surface area contributed by atoms with Crippen molar-refractivity contribution >= 4 is 17.7 Å². The van der Waals surface area contributed by atoms with Gasteiger partial charge in [0.15, 0.2) is 0 Å². The number of carbonyl (C=O) groups is 1. The standard InChI is InChI=1S/C10H20N2O2S/c1-10(2,3-4-13)6-11-9(14)8-5-15-7-12-8/h8,12-13H,3-7H2,1-2H3,(H,11,14). The average molecular weight is 232 g/mol. The van der Waals surface area contributed by atoms with Crippen LogP contribution in [0, 0.1) is 5.41 Å². The maximum atomic E-state index is 11.6. The summed E-state index contributed by atoms with van der Waals surface area (Å²) in [5.41, 5.74) is -0.0316. The first-order chi connectivity index (χ1) is 7.05. The van der Waals surface area contributed by atoms with E-state index in [1.807, 2.05) is 13.8 Å². The minimum absolute atomic E-state index is 0.0316. The van der Waals surface area contributed by atoms with Crippen molar-refractivity contribution in [1.82, 2.24) is 10.6 Å². The highest BCUT2D eigenvalue weighted by atomic mass is 32.2. The van der Waals surface area contributed by atoms with Crippen LogP contribution in [0.15, 0.2) is 0 Å². The van der Waals surface area contributed by atoms with Crippen LogP contribution in [0.3, 0.4) is 0 Å². The zero-order valence-corrected chi connectivity index (χ0v) is 10.2. The van der Waals surface area contributed by atoms with E-state index in [1.54, 1.807) is 11.8 Å². The number of nitrogens with one attached hydrogen (secondary N) is 2. The molecular weight excluding hydrogens is 212 g/mol. The highest BCUT2D eigenvalue weighted by molar-refractivity contribution is 7.99. The first kappa shape index (κ1) is 12.8. The normalized spacial score (nSPS) is 21.7. The van der Waals surface area contributed by atoms with Crippen molar-refractivity contribution in [1.29, 1.82) is 0 Å². The van der Waals surface area contributed by atoms with Gasteiger partial charge >= 0.3 is 0 Å². The highest BCUT2D eigenvalue weighted by Crippen LogP contribution is 2.18. The van der Waals surface area contributed by atoms with Crippen LogP contribution in [-0.4, -0.2) is 41.8 Å².